The van der Waals surface area contributed by atoms with Crippen LogP contribution in [0.3, 0.4) is 0 Å². The third-order valence-corrected chi connectivity index (χ3v) is 2.15. The SMILES string of the molecule is CC(C)C(=O)CCC#Cc1ccccc1. The van der Waals surface area contributed by atoms with Crippen LogP contribution in [0.15, 0.2) is 30.3 Å². The molecule has 0 atom stereocenters. The molecule has 0 saturated heterocycles. The van der Waals surface area contributed by atoms with E-state index in [1.807, 2.05) is 44.2 Å². The Balaban J connectivity index is 2.38. The second-order valence-electron chi connectivity index (χ2n) is 3.79. The third kappa shape index (κ3) is 4.46. The molecule has 0 aliphatic rings. The second kappa shape index (κ2) is 6.03. The van der Waals surface area contributed by atoms with E-state index in [0.29, 0.717) is 12.8 Å². The number of Topliss-reactive ketones (excluding diaryl/α,β-unsaturated/α-hetero) is 1. The Bertz CT molecular complexity index is 365. The molecule has 1 aromatic carbocycles. The molecule has 1 heteroatoms. The van der Waals surface area contributed by atoms with Crippen LogP contribution in [0, 0.1) is 17.8 Å². The van der Waals surface area contributed by atoms with Gasteiger partial charge in [-0.3, -0.25) is 4.79 Å². The number of rotatable bonds is 3. The number of carbonyl (C=O) groups is 1. The lowest BCUT2D eigenvalue weighted by Gasteiger charge is -1.99. The molecule has 0 heterocycles. The molecule has 0 aliphatic heterocycles. The van der Waals surface area contributed by atoms with Gasteiger partial charge in [-0.05, 0) is 12.1 Å². The number of ketones is 1. The Labute approximate surface area is 91.5 Å². The molecule has 1 nitrogen and oxygen atoms in total. The van der Waals surface area contributed by atoms with Crippen LogP contribution in [-0.2, 0) is 4.79 Å². The molecule has 0 amide bonds. The Morgan fingerprint density at radius 1 is 1.27 bits per heavy atom. The van der Waals surface area contributed by atoms with E-state index in [1.165, 1.54) is 0 Å². The van der Waals surface area contributed by atoms with E-state index in [-0.39, 0.29) is 11.7 Å². The summed E-state index contributed by atoms with van der Waals surface area (Å²) < 4.78 is 0. The van der Waals surface area contributed by atoms with E-state index >= 15 is 0 Å². The summed E-state index contributed by atoms with van der Waals surface area (Å²) in [6, 6.07) is 9.83. The molecule has 0 N–H and O–H groups in total. The van der Waals surface area contributed by atoms with Crippen LogP contribution in [0.4, 0.5) is 0 Å². The maximum absolute atomic E-state index is 11.3. The highest BCUT2D eigenvalue weighted by atomic mass is 16.1. The normalized spacial score (nSPS) is 9.53. The fraction of sp³-hybridized carbons (Fsp3) is 0.357. The first kappa shape index (κ1) is 11.5. The van der Waals surface area contributed by atoms with Crippen LogP contribution in [0.2, 0.25) is 0 Å². The van der Waals surface area contributed by atoms with Gasteiger partial charge in [0.05, 0.1) is 0 Å². The summed E-state index contributed by atoms with van der Waals surface area (Å²) in [5.41, 5.74) is 1.01. The fourth-order valence-electron chi connectivity index (χ4n) is 1.16. The van der Waals surface area contributed by atoms with Crippen molar-refractivity contribution in [2.45, 2.75) is 26.7 Å². The minimum Gasteiger partial charge on any atom is -0.299 e. The lowest BCUT2D eigenvalue weighted by molar-refractivity contribution is -0.121. The zero-order chi connectivity index (χ0) is 11.1. The highest BCUT2D eigenvalue weighted by Gasteiger charge is 2.04. The highest BCUT2D eigenvalue weighted by molar-refractivity contribution is 5.80. The van der Waals surface area contributed by atoms with Crippen molar-refractivity contribution in [1.29, 1.82) is 0 Å². The lowest BCUT2D eigenvalue weighted by atomic mass is 10.0. The summed E-state index contributed by atoms with van der Waals surface area (Å²) in [5.74, 6) is 6.47. The second-order valence-corrected chi connectivity index (χ2v) is 3.79. The van der Waals surface area contributed by atoms with Crippen molar-refractivity contribution < 1.29 is 4.79 Å². The zero-order valence-corrected chi connectivity index (χ0v) is 9.29. The molecule has 0 saturated carbocycles. The monoisotopic (exact) mass is 200 g/mol. The molecule has 1 aromatic rings. The smallest absolute Gasteiger partial charge is 0.136 e. The first-order valence-electron chi connectivity index (χ1n) is 5.27. The van der Waals surface area contributed by atoms with Crippen molar-refractivity contribution in [2.24, 2.45) is 5.92 Å². The predicted molar refractivity (Wildman–Crippen MR) is 62.4 cm³/mol. The zero-order valence-electron chi connectivity index (χ0n) is 9.29. The summed E-state index contributed by atoms with van der Waals surface area (Å²) >= 11 is 0. The lowest BCUT2D eigenvalue weighted by Crippen LogP contribution is -2.05. The van der Waals surface area contributed by atoms with Crippen LogP contribution in [0.25, 0.3) is 0 Å². The van der Waals surface area contributed by atoms with E-state index < -0.39 is 0 Å². The van der Waals surface area contributed by atoms with Crippen LogP contribution < -0.4 is 0 Å². The van der Waals surface area contributed by atoms with Gasteiger partial charge >= 0.3 is 0 Å². The molecule has 0 aromatic heterocycles. The summed E-state index contributed by atoms with van der Waals surface area (Å²) in [7, 11) is 0. The van der Waals surface area contributed by atoms with Gasteiger partial charge in [-0.15, -0.1) is 0 Å². The first-order chi connectivity index (χ1) is 7.20. The summed E-state index contributed by atoms with van der Waals surface area (Å²) in [6.07, 6.45) is 1.23. The van der Waals surface area contributed by atoms with Gasteiger partial charge in [-0.25, -0.2) is 0 Å². The number of carbonyl (C=O) groups excluding carboxylic acids is 1. The summed E-state index contributed by atoms with van der Waals surface area (Å²) in [6.45, 7) is 3.85. The molecule has 1 rings (SSSR count). The molecule has 0 bridgehead atoms. The highest BCUT2D eigenvalue weighted by Crippen LogP contribution is 2.01. The molecule has 78 valence electrons. The van der Waals surface area contributed by atoms with Gasteiger partial charge in [-0.1, -0.05) is 43.9 Å². The molecular formula is C14H16O. The molecule has 15 heavy (non-hydrogen) atoms. The Morgan fingerprint density at radius 2 is 1.93 bits per heavy atom. The van der Waals surface area contributed by atoms with Gasteiger partial charge < -0.3 is 0 Å². The molecular weight excluding hydrogens is 184 g/mol. The van der Waals surface area contributed by atoms with Crippen molar-refractivity contribution in [2.75, 3.05) is 0 Å². The van der Waals surface area contributed by atoms with Crippen molar-refractivity contribution in [1.82, 2.24) is 0 Å². The van der Waals surface area contributed by atoms with Crippen LogP contribution in [0.5, 0.6) is 0 Å². The maximum atomic E-state index is 11.3. The third-order valence-electron chi connectivity index (χ3n) is 2.15. The van der Waals surface area contributed by atoms with E-state index in [9.17, 15) is 4.79 Å². The average Bonchev–Trinajstić information content (AvgIpc) is 2.25. The summed E-state index contributed by atoms with van der Waals surface area (Å²) in [5, 5.41) is 0. The Hall–Kier alpha value is -1.55. The Morgan fingerprint density at radius 3 is 2.53 bits per heavy atom. The van der Waals surface area contributed by atoms with E-state index in [1.54, 1.807) is 0 Å². The fourth-order valence-corrected chi connectivity index (χ4v) is 1.16. The molecule has 0 spiro atoms. The largest absolute Gasteiger partial charge is 0.299 e. The van der Waals surface area contributed by atoms with Gasteiger partial charge in [0.25, 0.3) is 0 Å². The molecule has 0 radical (unpaired) electrons. The van der Waals surface area contributed by atoms with Crippen molar-refractivity contribution in [3.05, 3.63) is 35.9 Å². The van der Waals surface area contributed by atoms with Gasteiger partial charge in [0, 0.05) is 24.3 Å². The van der Waals surface area contributed by atoms with Gasteiger partial charge in [0.15, 0.2) is 0 Å². The van der Waals surface area contributed by atoms with Crippen molar-refractivity contribution in [3.63, 3.8) is 0 Å². The minimum absolute atomic E-state index is 0.128. The van der Waals surface area contributed by atoms with Gasteiger partial charge in [0.2, 0.25) is 0 Å². The quantitative estimate of drug-likeness (QED) is 0.685. The van der Waals surface area contributed by atoms with Crippen LogP contribution in [0.1, 0.15) is 32.3 Å². The van der Waals surface area contributed by atoms with Crippen molar-refractivity contribution >= 4 is 5.78 Å². The Kier molecular flexibility index (Phi) is 4.63. The van der Waals surface area contributed by atoms with Gasteiger partial charge in [-0.2, -0.15) is 0 Å². The van der Waals surface area contributed by atoms with Crippen molar-refractivity contribution in [3.8, 4) is 11.8 Å². The van der Waals surface area contributed by atoms with E-state index in [0.717, 1.165) is 5.56 Å². The first-order valence-corrected chi connectivity index (χ1v) is 5.27. The van der Waals surface area contributed by atoms with E-state index in [2.05, 4.69) is 11.8 Å². The van der Waals surface area contributed by atoms with Crippen LogP contribution >= 0.6 is 0 Å². The molecule has 0 unspecified atom stereocenters. The number of benzene rings is 1. The van der Waals surface area contributed by atoms with E-state index in [4.69, 9.17) is 0 Å². The number of hydrogen-bond donors (Lipinski definition) is 0. The predicted octanol–water partition coefficient (Wildman–Crippen LogP) is 3.04. The topological polar surface area (TPSA) is 17.1 Å². The minimum atomic E-state index is 0.128. The average molecular weight is 200 g/mol. The summed E-state index contributed by atoms with van der Waals surface area (Å²) in [4.78, 5) is 11.3. The van der Waals surface area contributed by atoms with Crippen LogP contribution in [-0.4, -0.2) is 5.78 Å². The molecule has 0 fully saturated rings. The standard InChI is InChI=1S/C14H16O/c1-12(2)14(15)11-7-6-10-13-8-4-3-5-9-13/h3-5,8-9,12H,7,11H2,1-2H3. The number of hydrogen-bond acceptors (Lipinski definition) is 1. The van der Waals surface area contributed by atoms with Gasteiger partial charge in [0.1, 0.15) is 5.78 Å². The molecule has 0 aliphatic carbocycles. The maximum Gasteiger partial charge on any atom is 0.136 e.